The zero-order valence-electron chi connectivity index (χ0n) is 11.9. The monoisotopic (exact) mass is 265 g/mol. The highest BCUT2D eigenvalue weighted by Gasteiger charge is 2.20. The van der Waals surface area contributed by atoms with E-state index in [9.17, 15) is 9.59 Å². The molecule has 0 bridgehead atoms. The highest BCUT2D eigenvalue weighted by atomic mass is 16.2. The van der Waals surface area contributed by atoms with E-state index in [4.69, 9.17) is 0 Å². The molecule has 7 nitrogen and oxygen atoms in total. The van der Waals surface area contributed by atoms with E-state index in [0.29, 0.717) is 23.7 Å². The zero-order valence-corrected chi connectivity index (χ0v) is 11.9. The van der Waals surface area contributed by atoms with Crippen LogP contribution in [0.15, 0.2) is 9.59 Å². The fraction of sp³-hybridized carbons (Fsp3) is 0.583. The van der Waals surface area contributed by atoms with Crippen molar-refractivity contribution in [3.63, 3.8) is 0 Å². The average molecular weight is 265 g/mol. The van der Waals surface area contributed by atoms with Crippen molar-refractivity contribution in [2.45, 2.75) is 26.8 Å². The van der Waals surface area contributed by atoms with Gasteiger partial charge < -0.3 is 9.88 Å². The van der Waals surface area contributed by atoms with Gasteiger partial charge in [0.2, 0.25) is 5.95 Å². The predicted octanol–water partition coefficient (Wildman–Crippen LogP) is 0.446. The van der Waals surface area contributed by atoms with Crippen molar-refractivity contribution in [2.24, 2.45) is 14.1 Å². The smallest absolute Gasteiger partial charge is 0.332 e. The van der Waals surface area contributed by atoms with Crippen molar-refractivity contribution in [1.29, 1.82) is 0 Å². The molecular formula is C12H19N5O2. The first kappa shape index (κ1) is 13.4. The number of nitrogens with one attached hydrogen (secondary N) is 1. The molecule has 0 aliphatic rings. The summed E-state index contributed by atoms with van der Waals surface area (Å²) in [5.74, 6) is 0.616. The van der Waals surface area contributed by atoms with E-state index in [1.165, 1.54) is 11.6 Å². The molecule has 0 unspecified atom stereocenters. The largest absolute Gasteiger partial charge is 0.356 e. The maximum absolute atomic E-state index is 12.3. The molecule has 0 atom stereocenters. The quantitative estimate of drug-likeness (QED) is 0.874. The second-order valence-corrected chi connectivity index (χ2v) is 4.81. The van der Waals surface area contributed by atoms with Crippen molar-refractivity contribution < 1.29 is 0 Å². The molecule has 0 saturated heterocycles. The first-order valence-electron chi connectivity index (χ1n) is 6.32. The van der Waals surface area contributed by atoms with Gasteiger partial charge >= 0.3 is 5.69 Å². The van der Waals surface area contributed by atoms with Crippen LogP contribution in [0.4, 0.5) is 5.95 Å². The lowest BCUT2D eigenvalue weighted by Crippen LogP contribution is -2.37. The third-order valence-electron chi connectivity index (χ3n) is 3.14. The van der Waals surface area contributed by atoms with Crippen LogP contribution in [0, 0.1) is 0 Å². The maximum Gasteiger partial charge on any atom is 0.332 e. The molecule has 0 spiro atoms. The summed E-state index contributed by atoms with van der Waals surface area (Å²) in [7, 11) is 3.10. The number of aryl methyl sites for hydroxylation is 1. The molecule has 0 aromatic carbocycles. The van der Waals surface area contributed by atoms with Gasteiger partial charge in [-0.1, -0.05) is 0 Å². The van der Waals surface area contributed by atoms with E-state index < -0.39 is 0 Å². The van der Waals surface area contributed by atoms with Gasteiger partial charge in [-0.25, -0.2) is 4.79 Å². The van der Waals surface area contributed by atoms with E-state index in [2.05, 4.69) is 10.3 Å². The summed E-state index contributed by atoms with van der Waals surface area (Å²) in [6.45, 7) is 6.62. The van der Waals surface area contributed by atoms with E-state index in [0.717, 1.165) is 4.57 Å². The molecule has 2 aromatic heterocycles. The third-order valence-corrected chi connectivity index (χ3v) is 3.14. The third kappa shape index (κ3) is 1.85. The van der Waals surface area contributed by atoms with Gasteiger partial charge in [0.25, 0.3) is 5.56 Å². The molecule has 2 aromatic rings. The number of aromatic nitrogens is 4. The molecule has 104 valence electrons. The Balaban J connectivity index is 3.01. The Kier molecular flexibility index (Phi) is 3.21. The van der Waals surface area contributed by atoms with Crippen LogP contribution in [0.2, 0.25) is 0 Å². The number of anilines is 1. The number of rotatable bonds is 3. The Morgan fingerprint density at radius 3 is 2.37 bits per heavy atom. The molecule has 2 rings (SSSR count). The van der Waals surface area contributed by atoms with Crippen LogP contribution in [0.3, 0.4) is 0 Å². The fourth-order valence-corrected chi connectivity index (χ4v) is 2.20. The van der Waals surface area contributed by atoms with Crippen LogP contribution in [-0.4, -0.2) is 25.2 Å². The number of nitrogens with zero attached hydrogens (tertiary/aromatic N) is 4. The predicted molar refractivity (Wildman–Crippen MR) is 74.8 cm³/mol. The van der Waals surface area contributed by atoms with Crippen LogP contribution >= 0.6 is 0 Å². The highest BCUT2D eigenvalue weighted by molar-refractivity contribution is 5.74. The SMILES string of the molecule is CCNc1nc2c(c(=O)n(C)c(=O)n2C)n1C(C)C. The lowest BCUT2D eigenvalue weighted by molar-refractivity contribution is 0.615. The second-order valence-electron chi connectivity index (χ2n) is 4.81. The van der Waals surface area contributed by atoms with Gasteiger partial charge in [-0.2, -0.15) is 4.98 Å². The maximum atomic E-state index is 12.3. The van der Waals surface area contributed by atoms with Crippen molar-refractivity contribution in [1.82, 2.24) is 18.7 Å². The summed E-state index contributed by atoms with van der Waals surface area (Å²) >= 11 is 0. The molecule has 7 heteroatoms. The molecule has 0 aliphatic heterocycles. The van der Waals surface area contributed by atoms with Crippen molar-refractivity contribution >= 4 is 17.1 Å². The average Bonchev–Trinajstić information content (AvgIpc) is 2.74. The van der Waals surface area contributed by atoms with Gasteiger partial charge in [0.1, 0.15) is 0 Å². The van der Waals surface area contributed by atoms with Crippen LogP contribution < -0.4 is 16.6 Å². The Hall–Kier alpha value is -2.05. The molecule has 2 heterocycles. The first-order chi connectivity index (χ1) is 8.90. The highest BCUT2D eigenvalue weighted by Crippen LogP contribution is 2.20. The van der Waals surface area contributed by atoms with E-state index in [1.54, 1.807) is 7.05 Å². The summed E-state index contributed by atoms with van der Waals surface area (Å²) in [5, 5.41) is 3.13. The van der Waals surface area contributed by atoms with Crippen LogP contribution in [0.1, 0.15) is 26.8 Å². The van der Waals surface area contributed by atoms with E-state index in [1.807, 2.05) is 25.3 Å². The van der Waals surface area contributed by atoms with Gasteiger partial charge in [0.15, 0.2) is 11.2 Å². The van der Waals surface area contributed by atoms with Gasteiger partial charge in [0.05, 0.1) is 0 Å². The van der Waals surface area contributed by atoms with Crippen LogP contribution in [0.5, 0.6) is 0 Å². The molecule has 1 N–H and O–H groups in total. The van der Waals surface area contributed by atoms with Crippen molar-refractivity contribution in [3.05, 3.63) is 20.8 Å². The molecule has 0 aliphatic carbocycles. The molecule has 19 heavy (non-hydrogen) atoms. The minimum absolute atomic E-state index is 0.0734. The standard InChI is InChI=1S/C12H19N5O2/c1-6-13-11-14-9-8(17(11)7(2)3)10(18)16(5)12(19)15(9)4/h7H,6H2,1-5H3,(H,13,14). The zero-order chi connectivity index (χ0) is 14.3. The second kappa shape index (κ2) is 4.56. The van der Waals surface area contributed by atoms with Gasteiger partial charge in [-0.05, 0) is 20.8 Å². The van der Waals surface area contributed by atoms with Gasteiger partial charge in [-0.3, -0.25) is 13.9 Å². The first-order valence-corrected chi connectivity index (χ1v) is 6.32. The number of fused-ring (bicyclic) bond motifs is 1. The summed E-state index contributed by atoms with van der Waals surface area (Å²) in [4.78, 5) is 28.6. The Morgan fingerprint density at radius 1 is 1.21 bits per heavy atom. The Morgan fingerprint density at radius 2 is 1.84 bits per heavy atom. The lowest BCUT2D eigenvalue weighted by atomic mass is 10.3. The van der Waals surface area contributed by atoms with Crippen molar-refractivity contribution in [2.75, 3.05) is 11.9 Å². The summed E-state index contributed by atoms with van der Waals surface area (Å²) in [5.41, 5.74) is 0.186. The molecule has 0 saturated carbocycles. The van der Waals surface area contributed by atoms with E-state index >= 15 is 0 Å². The van der Waals surface area contributed by atoms with Gasteiger partial charge in [0, 0.05) is 26.7 Å². The van der Waals surface area contributed by atoms with Crippen LogP contribution in [-0.2, 0) is 14.1 Å². The Bertz CT molecular complexity index is 735. The lowest BCUT2D eigenvalue weighted by Gasteiger charge is -2.13. The summed E-state index contributed by atoms with van der Waals surface area (Å²) in [6, 6.07) is 0.0734. The topological polar surface area (TPSA) is 73.8 Å². The molecule has 0 fully saturated rings. The number of hydrogen-bond acceptors (Lipinski definition) is 4. The van der Waals surface area contributed by atoms with E-state index in [-0.39, 0.29) is 17.3 Å². The molecule has 0 amide bonds. The summed E-state index contributed by atoms with van der Waals surface area (Å²) in [6.07, 6.45) is 0. The fourth-order valence-electron chi connectivity index (χ4n) is 2.20. The van der Waals surface area contributed by atoms with Crippen molar-refractivity contribution in [3.8, 4) is 0 Å². The molecular weight excluding hydrogens is 246 g/mol. The normalized spacial score (nSPS) is 11.5. The Labute approximate surface area is 110 Å². The molecule has 0 radical (unpaired) electrons. The minimum atomic E-state index is -0.367. The minimum Gasteiger partial charge on any atom is -0.356 e. The number of hydrogen-bond donors (Lipinski definition) is 1. The summed E-state index contributed by atoms with van der Waals surface area (Å²) < 4.78 is 4.34. The van der Waals surface area contributed by atoms with Crippen LogP contribution in [0.25, 0.3) is 11.2 Å². The van der Waals surface area contributed by atoms with Gasteiger partial charge in [-0.15, -0.1) is 0 Å². The number of imidazole rings is 1.